The summed E-state index contributed by atoms with van der Waals surface area (Å²) in [6.07, 6.45) is 4.75. The largest absolute Gasteiger partial charge is 0.349 e. The molecule has 1 aromatic carbocycles. The van der Waals surface area contributed by atoms with Crippen molar-refractivity contribution in [1.29, 1.82) is 0 Å². The first kappa shape index (κ1) is 17.0. The highest BCUT2D eigenvalue weighted by atomic mass is 16.1. The van der Waals surface area contributed by atoms with Crippen molar-refractivity contribution in [2.45, 2.75) is 40.2 Å². The number of aryl methyl sites for hydroxylation is 2. The number of nitrogens with one attached hydrogen (secondary N) is 1. The van der Waals surface area contributed by atoms with Gasteiger partial charge in [-0.05, 0) is 57.0 Å². The van der Waals surface area contributed by atoms with Crippen LogP contribution in [0, 0.1) is 13.8 Å². The van der Waals surface area contributed by atoms with E-state index < -0.39 is 0 Å². The lowest BCUT2D eigenvalue weighted by Crippen LogP contribution is -2.32. The maximum atomic E-state index is 12.9. The molecule has 0 saturated heterocycles. The van der Waals surface area contributed by atoms with Gasteiger partial charge in [0.2, 0.25) is 0 Å². The van der Waals surface area contributed by atoms with Gasteiger partial charge in [0.1, 0.15) is 5.56 Å². The highest BCUT2D eigenvalue weighted by Crippen LogP contribution is 2.23. The van der Waals surface area contributed by atoms with Crippen LogP contribution in [0.4, 0.5) is 0 Å². The zero-order valence-electron chi connectivity index (χ0n) is 15.2. The van der Waals surface area contributed by atoms with Crippen LogP contribution in [0.25, 0.3) is 11.5 Å². The minimum absolute atomic E-state index is 0.0885. The first-order valence-electron chi connectivity index (χ1n) is 8.62. The molecule has 0 spiro atoms. The summed E-state index contributed by atoms with van der Waals surface area (Å²) < 4.78 is 3.78. The number of aromatic nitrogens is 3. The molecule has 1 amide bonds. The first-order chi connectivity index (χ1) is 12.0. The third kappa shape index (κ3) is 3.36. The Morgan fingerprint density at radius 1 is 1.20 bits per heavy atom. The Kier molecular flexibility index (Phi) is 4.74. The second-order valence-electron chi connectivity index (χ2n) is 6.41. The summed E-state index contributed by atoms with van der Waals surface area (Å²) in [6, 6.07) is 12.1. The van der Waals surface area contributed by atoms with E-state index in [1.54, 1.807) is 0 Å². The Hall–Kier alpha value is -2.82. The SMILES string of the molecule is CC[C@H](C)NC(=O)c1c(C)nn(-c2cccc(C)c2)c1-n1cccc1. The summed E-state index contributed by atoms with van der Waals surface area (Å²) in [7, 11) is 0. The van der Waals surface area contributed by atoms with Crippen molar-refractivity contribution in [3.8, 4) is 11.5 Å². The molecular weight excluding hydrogens is 312 g/mol. The number of amides is 1. The van der Waals surface area contributed by atoms with Crippen LogP contribution in [-0.4, -0.2) is 26.3 Å². The van der Waals surface area contributed by atoms with E-state index in [1.165, 1.54) is 0 Å². The van der Waals surface area contributed by atoms with Crippen molar-refractivity contribution in [3.63, 3.8) is 0 Å². The van der Waals surface area contributed by atoms with E-state index >= 15 is 0 Å². The van der Waals surface area contributed by atoms with Crippen LogP contribution in [0.3, 0.4) is 0 Å². The van der Waals surface area contributed by atoms with Crippen molar-refractivity contribution in [1.82, 2.24) is 19.7 Å². The maximum Gasteiger partial charge on any atom is 0.257 e. The Bertz CT molecular complexity index is 877. The van der Waals surface area contributed by atoms with Crippen molar-refractivity contribution < 1.29 is 4.79 Å². The molecule has 25 heavy (non-hydrogen) atoms. The lowest BCUT2D eigenvalue weighted by atomic mass is 10.2. The molecule has 0 unspecified atom stereocenters. The summed E-state index contributed by atoms with van der Waals surface area (Å²) in [4.78, 5) is 12.9. The number of benzene rings is 1. The van der Waals surface area contributed by atoms with Crippen molar-refractivity contribution >= 4 is 5.91 Å². The Morgan fingerprint density at radius 3 is 2.56 bits per heavy atom. The van der Waals surface area contributed by atoms with E-state index in [1.807, 2.05) is 72.7 Å². The van der Waals surface area contributed by atoms with Gasteiger partial charge >= 0.3 is 0 Å². The van der Waals surface area contributed by atoms with E-state index in [0.717, 1.165) is 23.5 Å². The highest BCUT2D eigenvalue weighted by molar-refractivity contribution is 5.98. The van der Waals surface area contributed by atoms with Gasteiger partial charge in [0.15, 0.2) is 5.82 Å². The average molecular weight is 336 g/mol. The topological polar surface area (TPSA) is 51.9 Å². The molecule has 5 nitrogen and oxygen atoms in total. The predicted molar refractivity (Wildman–Crippen MR) is 99.6 cm³/mol. The molecule has 0 aliphatic rings. The van der Waals surface area contributed by atoms with Crippen LogP contribution in [0.15, 0.2) is 48.8 Å². The molecule has 3 aromatic rings. The van der Waals surface area contributed by atoms with Crippen LogP contribution in [-0.2, 0) is 0 Å². The van der Waals surface area contributed by atoms with Crippen molar-refractivity contribution in [3.05, 3.63) is 65.6 Å². The molecule has 0 aliphatic heterocycles. The number of hydrogen-bond donors (Lipinski definition) is 1. The molecule has 0 saturated carbocycles. The zero-order valence-corrected chi connectivity index (χ0v) is 15.2. The fourth-order valence-electron chi connectivity index (χ4n) is 2.83. The number of rotatable bonds is 5. The second-order valence-corrected chi connectivity index (χ2v) is 6.41. The first-order valence-corrected chi connectivity index (χ1v) is 8.62. The van der Waals surface area contributed by atoms with Crippen LogP contribution in [0.2, 0.25) is 0 Å². The van der Waals surface area contributed by atoms with Gasteiger partial charge in [-0.2, -0.15) is 5.10 Å². The maximum absolute atomic E-state index is 12.9. The Labute approximate surface area is 148 Å². The molecule has 1 atom stereocenters. The van der Waals surface area contributed by atoms with Gasteiger partial charge in [-0.15, -0.1) is 0 Å². The van der Waals surface area contributed by atoms with Gasteiger partial charge in [0.05, 0.1) is 11.4 Å². The molecule has 5 heteroatoms. The molecule has 1 N–H and O–H groups in total. The summed E-state index contributed by atoms with van der Waals surface area (Å²) in [6.45, 7) is 7.99. The van der Waals surface area contributed by atoms with Crippen molar-refractivity contribution in [2.24, 2.45) is 0 Å². The summed E-state index contributed by atoms with van der Waals surface area (Å²) >= 11 is 0. The van der Waals surface area contributed by atoms with E-state index in [2.05, 4.69) is 23.4 Å². The van der Waals surface area contributed by atoms with Gasteiger partial charge in [-0.25, -0.2) is 4.68 Å². The standard InChI is InChI=1S/C20H24N4O/c1-5-15(3)21-19(25)18-16(4)22-24(17-10-8-9-14(2)13-17)20(18)23-11-6-7-12-23/h6-13,15H,5H2,1-4H3,(H,21,25)/t15-/m0/s1. The minimum atomic E-state index is -0.0885. The fraction of sp³-hybridized carbons (Fsp3) is 0.300. The summed E-state index contributed by atoms with van der Waals surface area (Å²) in [5, 5.41) is 7.73. The lowest BCUT2D eigenvalue weighted by Gasteiger charge is -2.14. The Balaban J connectivity index is 2.17. The smallest absolute Gasteiger partial charge is 0.257 e. The van der Waals surface area contributed by atoms with Crippen LogP contribution in [0.1, 0.15) is 41.9 Å². The normalized spacial score (nSPS) is 12.2. The summed E-state index contributed by atoms with van der Waals surface area (Å²) in [5.74, 6) is 0.670. The van der Waals surface area contributed by atoms with E-state index in [4.69, 9.17) is 0 Å². The zero-order chi connectivity index (χ0) is 18.0. The number of carbonyl (C=O) groups excluding carboxylic acids is 1. The Morgan fingerprint density at radius 2 is 1.92 bits per heavy atom. The van der Waals surface area contributed by atoms with E-state index in [9.17, 15) is 4.79 Å². The molecule has 3 rings (SSSR count). The molecular formula is C20H24N4O. The van der Waals surface area contributed by atoms with Gasteiger partial charge in [-0.1, -0.05) is 19.1 Å². The van der Waals surface area contributed by atoms with Gasteiger partial charge in [0, 0.05) is 18.4 Å². The highest BCUT2D eigenvalue weighted by Gasteiger charge is 2.24. The second kappa shape index (κ2) is 6.97. The third-order valence-electron chi connectivity index (χ3n) is 4.35. The third-order valence-corrected chi connectivity index (χ3v) is 4.35. The van der Waals surface area contributed by atoms with Crippen LogP contribution >= 0.6 is 0 Å². The van der Waals surface area contributed by atoms with Crippen LogP contribution < -0.4 is 5.32 Å². The predicted octanol–water partition coefficient (Wildman–Crippen LogP) is 3.81. The quantitative estimate of drug-likeness (QED) is 0.770. The molecule has 130 valence electrons. The molecule has 2 heterocycles. The van der Waals surface area contributed by atoms with Gasteiger partial charge in [0.25, 0.3) is 5.91 Å². The van der Waals surface area contributed by atoms with E-state index in [0.29, 0.717) is 11.3 Å². The molecule has 0 bridgehead atoms. The molecule has 0 radical (unpaired) electrons. The van der Waals surface area contributed by atoms with Crippen molar-refractivity contribution in [2.75, 3.05) is 0 Å². The average Bonchev–Trinajstić information content (AvgIpc) is 3.21. The molecule has 2 aromatic heterocycles. The van der Waals surface area contributed by atoms with Gasteiger partial charge < -0.3 is 9.88 Å². The number of nitrogens with zero attached hydrogens (tertiary/aromatic N) is 3. The number of hydrogen-bond acceptors (Lipinski definition) is 2. The van der Waals surface area contributed by atoms with Gasteiger partial charge in [-0.3, -0.25) is 4.79 Å². The summed E-state index contributed by atoms with van der Waals surface area (Å²) in [5.41, 5.74) is 3.41. The number of carbonyl (C=O) groups is 1. The monoisotopic (exact) mass is 336 g/mol. The fourth-order valence-corrected chi connectivity index (χ4v) is 2.83. The minimum Gasteiger partial charge on any atom is -0.349 e. The molecule has 0 fully saturated rings. The lowest BCUT2D eigenvalue weighted by molar-refractivity contribution is 0.0938. The van der Waals surface area contributed by atoms with Crippen LogP contribution in [0.5, 0.6) is 0 Å². The molecule has 0 aliphatic carbocycles. The van der Waals surface area contributed by atoms with E-state index in [-0.39, 0.29) is 11.9 Å².